The third kappa shape index (κ3) is 8.39. The van der Waals surface area contributed by atoms with E-state index in [4.69, 9.17) is 0 Å². The van der Waals surface area contributed by atoms with Crippen molar-refractivity contribution in [2.24, 2.45) is 0 Å². The van der Waals surface area contributed by atoms with Crippen molar-refractivity contribution in [3.05, 3.63) is 54.1 Å². The maximum absolute atomic E-state index is 12.4. The van der Waals surface area contributed by atoms with Crippen LogP contribution in [0.4, 0.5) is 11.4 Å². The van der Waals surface area contributed by atoms with Gasteiger partial charge in [-0.25, -0.2) is 8.42 Å². The van der Waals surface area contributed by atoms with Gasteiger partial charge >= 0.3 is 0 Å². The summed E-state index contributed by atoms with van der Waals surface area (Å²) >= 11 is 0. The van der Waals surface area contributed by atoms with Crippen LogP contribution in [-0.4, -0.2) is 22.5 Å². The molecule has 0 saturated carbocycles. The molecule has 0 unspecified atom stereocenters. The average molecular weight is 381 g/mol. The highest BCUT2D eigenvalue weighted by atomic mass is 32.2. The van der Waals surface area contributed by atoms with E-state index in [1.165, 1.54) is 0 Å². The van der Waals surface area contributed by atoms with Gasteiger partial charge in [0.2, 0.25) is 0 Å². The molecule has 0 atom stereocenters. The molecule has 26 heavy (non-hydrogen) atoms. The average Bonchev–Trinajstić information content (AvgIpc) is 2.67. The van der Waals surface area contributed by atoms with Crippen LogP contribution in [0.5, 0.6) is 0 Å². The first-order chi connectivity index (χ1) is 12.4. The van der Waals surface area contributed by atoms with E-state index in [9.17, 15) is 8.42 Å². The third-order valence-electron chi connectivity index (χ3n) is 2.93. The molecule has 5 heteroatoms. The van der Waals surface area contributed by atoms with E-state index >= 15 is 0 Å². The molecule has 0 bridgehead atoms. The van der Waals surface area contributed by atoms with Gasteiger partial charge in [0.15, 0.2) is 0 Å². The van der Waals surface area contributed by atoms with Crippen molar-refractivity contribution in [2.45, 2.75) is 53.4 Å². The highest BCUT2D eigenvalue weighted by molar-refractivity contribution is 7.92. The fraction of sp³-hybridized carbons (Fsp3) is 0.429. The van der Waals surface area contributed by atoms with Gasteiger partial charge in [-0.1, -0.05) is 65.8 Å². The van der Waals surface area contributed by atoms with Crippen LogP contribution < -0.4 is 9.62 Å². The predicted molar refractivity (Wildman–Crippen MR) is 117 cm³/mol. The molecular weight excluding hydrogens is 344 g/mol. The second-order valence-electron chi connectivity index (χ2n) is 4.83. The van der Waals surface area contributed by atoms with E-state index in [-0.39, 0.29) is 4.90 Å². The molecule has 1 N–H and O–H groups in total. The molecule has 148 valence electrons. The number of anilines is 2. The normalized spacial score (nSPS) is 9.27. The second-order valence-corrected chi connectivity index (χ2v) is 6.52. The van der Waals surface area contributed by atoms with Crippen LogP contribution in [-0.2, 0) is 10.0 Å². The molecule has 0 aliphatic heterocycles. The minimum absolute atomic E-state index is 0.256. The zero-order valence-electron chi connectivity index (χ0n) is 17.8. The Morgan fingerprint density at radius 3 is 1.77 bits per heavy atom. The maximum atomic E-state index is 12.4. The lowest BCUT2D eigenvalue weighted by molar-refractivity contribution is 0.601. The molecule has 0 fully saturated rings. The fourth-order valence-corrected chi connectivity index (χ4v) is 3.01. The summed E-state index contributed by atoms with van der Waals surface area (Å²) in [6, 6.07) is 14.0. The molecule has 0 amide bonds. The Kier molecular flexibility index (Phi) is 14.3. The molecule has 4 nitrogen and oxygen atoms in total. The number of hydrogen-bond donors (Lipinski definition) is 1. The first-order valence-electron chi connectivity index (χ1n) is 9.26. The number of sulfonamides is 1. The molecule has 0 radical (unpaired) electrons. The minimum Gasteiger partial charge on any atom is -0.376 e. The lowest BCUT2D eigenvalue weighted by Crippen LogP contribution is -2.17. The van der Waals surface area contributed by atoms with Gasteiger partial charge in [0, 0.05) is 14.1 Å². The molecule has 2 rings (SSSR count). The Balaban J connectivity index is 0. The lowest BCUT2D eigenvalue weighted by atomic mass is 10.2. The van der Waals surface area contributed by atoms with E-state index in [1.807, 2.05) is 85.7 Å². The summed E-state index contributed by atoms with van der Waals surface area (Å²) in [5.74, 6) is 0. The largest absolute Gasteiger partial charge is 0.376 e. The quantitative estimate of drug-likeness (QED) is 0.714. The summed E-state index contributed by atoms with van der Waals surface area (Å²) in [6.45, 7) is 13.9. The molecule has 0 aromatic heterocycles. The third-order valence-corrected chi connectivity index (χ3v) is 4.31. The van der Waals surface area contributed by atoms with Crippen LogP contribution in [0.15, 0.2) is 53.4 Å². The number of rotatable bonds is 4. The Bertz CT molecular complexity index is 697. The maximum Gasteiger partial charge on any atom is 0.261 e. The minimum atomic E-state index is -3.56. The molecule has 0 aliphatic carbocycles. The molecule has 0 aliphatic rings. The molecule has 0 heterocycles. The fourth-order valence-electron chi connectivity index (χ4n) is 1.92. The Labute approximate surface area is 161 Å². The first-order valence-corrected chi connectivity index (χ1v) is 10.7. The zero-order chi connectivity index (χ0) is 20.8. The monoisotopic (exact) mass is 380 g/mol. The Morgan fingerprint density at radius 1 is 0.808 bits per heavy atom. The van der Waals surface area contributed by atoms with Crippen molar-refractivity contribution >= 4 is 21.4 Å². The lowest BCUT2D eigenvalue weighted by Gasteiger charge is -2.19. The summed E-state index contributed by atoms with van der Waals surface area (Å²) in [5.41, 5.74) is 2.41. The Morgan fingerprint density at radius 2 is 1.31 bits per heavy atom. The summed E-state index contributed by atoms with van der Waals surface area (Å²) in [5, 5.41) is 0. The van der Waals surface area contributed by atoms with Crippen molar-refractivity contribution < 1.29 is 8.42 Å². The van der Waals surface area contributed by atoms with Gasteiger partial charge < -0.3 is 4.90 Å². The number of aryl methyl sites for hydroxylation is 1. The van der Waals surface area contributed by atoms with Crippen LogP contribution in [0.25, 0.3) is 0 Å². The van der Waals surface area contributed by atoms with Crippen LogP contribution in [0.3, 0.4) is 0 Å². The topological polar surface area (TPSA) is 49.4 Å². The number of benzene rings is 2. The van der Waals surface area contributed by atoms with E-state index < -0.39 is 10.0 Å². The van der Waals surface area contributed by atoms with Gasteiger partial charge in [0.25, 0.3) is 10.0 Å². The van der Waals surface area contributed by atoms with Gasteiger partial charge in [-0.3, -0.25) is 4.72 Å². The molecule has 0 saturated heterocycles. The molecule has 2 aromatic rings. The van der Waals surface area contributed by atoms with Gasteiger partial charge in [0.05, 0.1) is 16.3 Å². The van der Waals surface area contributed by atoms with Gasteiger partial charge in [-0.05, 0) is 36.8 Å². The first kappa shape index (κ1) is 26.2. The van der Waals surface area contributed by atoms with Crippen molar-refractivity contribution in [1.29, 1.82) is 0 Å². The smallest absolute Gasteiger partial charge is 0.261 e. The number of nitrogens with zero attached hydrogens (tertiary/aromatic N) is 1. The summed E-state index contributed by atoms with van der Waals surface area (Å²) in [7, 11) is 0.197. The summed E-state index contributed by atoms with van der Waals surface area (Å²) in [4.78, 5) is 2.13. The standard InChI is InChI=1S/C15H18N2O2S.3C2H6/c1-12-9-10-15(17(2)3)14(11-12)16-20(18,19)13-7-5-4-6-8-13;3*1-2/h4-11,16H,1-3H3;3*1-2H3. The SMILES string of the molecule is CC.CC.CC.Cc1ccc(N(C)C)c(NS(=O)(=O)c2ccccc2)c1. The van der Waals surface area contributed by atoms with Gasteiger partial charge in [-0.15, -0.1) is 0 Å². The van der Waals surface area contributed by atoms with Gasteiger partial charge in [0.1, 0.15) is 0 Å². The molecule has 2 aromatic carbocycles. The highest BCUT2D eigenvalue weighted by Gasteiger charge is 2.16. The van der Waals surface area contributed by atoms with Crippen molar-refractivity contribution in [3.8, 4) is 0 Å². The number of hydrogen-bond acceptors (Lipinski definition) is 3. The van der Waals surface area contributed by atoms with Gasteiger partial charge in [-0.2, -0.15) is 0 Å². The van der Waals surface area contributed by atoms with Crippen LogP contribution in [0.2, 0.25) is 0 Å². The predicted octanol–water partition coefficient (Wildman–Crippen LogP) is 5.94. The van der Waals surface area contributed by atoms with Crippen LogP contribution in [0, 0.1) is 6.92 Å². The van der Waals surface area contributed by atoms with Crippen molar-refractivity contribution in [1.82, 2.24) is 0 Å². The Hall–Kier alpha value is -2.01. The van der Waals surface area contributed by atoms with Crippen molar-refractivity contribution in [3.63, 3.8) is 0 Å². The number of nitrogens with one attached hydrogen (secondary N) is 1. The highest BCUT2D eigenvalue weighted by Crippen LogP contribution is 2.27. The van der Waals surface area contributed by atoms with Crippen molar-refractivity contribution in [2.75, 3.05) is 23.7 Å². The van der Waals surface area contributed by atoms with Crippen LogP contribution in [0.1, 0.15) is 47.1 Å². The molecule has 0 spiro atoms. The zero-order valence-corrected chi connectivity index (χ0v) is 18.6. The van der Waals surface area contributed by atoms with E-state index in [0.29, 0.717) is 5.69 Å². The molecular formula is C21H36N2O2S. The summed E-state index contributed by atoms with van der Waals surface area (Å²) in [6.07, 6.45) is 0. The van der Waals surface area contributed by atoms with Crippen LogP contribution >= 0.6 is 0 Å². The second kappa shape index (κ2) is 14.2. The van der Waals surface area contributed by atoms with E-state index in [0.717, 1.165) is 11.3 Å². The van der Waals surface area contributed by atoms with E-state index in [1.54, 1.807) is 30.3 Å². The summed E-state index contributed by atoms with van der Waals surface area (Å²) < 4.78 is 27.4. The van der Waals surface area contributed by atoms with E-state index in [2.05, 4.69) is 4.72 Å².